The maximum absolute atomic E-state index is 12.9. The molecule has 0 atom stereocenters. The SMILES string of the molecule is Fc1ccc(-c2cc(CBr)on2)cc1Cl. The highest BCUT2D eigenvalue weighted by molar-refractivity contribution is 9.08. The molecule has 0 bridgehead atoms. The summed E-state index contributed by atoms with van der Waals surface area (Å²) in [6, 6.07) is 6.21. The minimum Gasteiger partial charge on any atom is -0.360 e. The summed E-state index contributed by atoms with van der Waals surface area (Å²) >= 11 is 8.91. The molecular formula is C10H6BrClFNO. The fourth-order valence-electron chi connectivity index (χ4n) is 1.17. The van der Waals surface area contributed by atoms with E-state index in [1.807, 2.05) is 0 Å². The Kier molecular flexibility index (Phi) is 3.07. The van der Waals surface area contributed by atoms with Crippen LogP contribution >= 0.6 is 27.5 Å². The molecule has 5 heteroatoms. The topological polar surface area (TPSA) is 26.0 Å². The molecule has 1 aromatic heterocycles. The first kappa shape index (κ1) is 10.6. The quantitative estimate of drug-likeness (QED) is 0.781. The van der Waals surface area contributed by atoms with Crippen molar-refractivity contribution in [2.24, 2.45) is 0 Å². The van der Waals surface area contributed by atoms with Crippen molar-refractivity contribution in [2.45, 2.75) is 5.33 Å². The summed E-state index contributed by atoms with van der Waals surface area (Å²) in [4.78, 5) is 0. The van der Waals surface area contributed by atoms with Crippen LogP contribution in [-0.2, 0) is 5.33 Å². The lowest BCUT2D eigenvalue weighted by molar-refractivity contribution is 0.398. The number of hydrogen-bond donors (Lipinski definition) is 0. The summed E-state index contributed by atoms with van der Waals surface area (Å²) in [5, 5.41) is 4.51. The Morgan fingerprint density at radius 3 is 2.80 bits per heavy atom. The summed E-state index contributed by atoms with van der Waals surface area (Å²) in [7, 11) is 0. The van der Waals surface area contributed by atoms with E-state index >= 15 is 0 Å². The Labute approximate surface area is 99.2 Å². The average Bonchev–Trinajstić information content (AvgIpc) is 2.70. The molecule has 0 aliphatic rings. The van der Waals surface area contributed by atoms with Crippen molar-refractivity contribution in [1.29, 1.82) is 0 Å². The summed E-state index contributed by atoms with van der Waals surface area (Å²) in [5.74, 6) is 0.273. The molecule has 0 fully saturated rings. The van der Waals surface area contributed by atoms with Gasteiger partial charge in [0.1, 0.15) is 17.3 Å². The highest BCUT2D eigenvalue weighted by Gasteiger charge is 2.07. The molecule has 78 valence electrons. The number of alkyl halides is 1. The van der Waals surface area contributed by atoms with Crippen molar-refractivity contribution in [1.82, 2.24) is 5.16 Å². The van der Waals surface area contributed by atoms with Crippen LogP contribution in [0.15, 0.2) is 28.8 Å². The Bertz CT molecular complexity index is 486. The number of benzene rings is 1. The van der Waals surface area contributed by atoms with E-state index in [4.69, 9.17) is 16.1 Å². The molecule has 0 radical (unpaired) electrons. The third kappa shape index (κ3) is 2.21. The molecule has 0 saturated carbocycles. The van der Waals surface area contributed by atoms with Gasteiger partial charge >= 0.3 is 0 Å². The molecule has 2 rings (SSSR count). The molecule has 15 heavy (non-hydrogen) atoms. The van der Waals surface area contributed by atoms with Gasteiger partial charge < -0.3 is 4.52 Å². The zero-order valence-corrected chi connectivity index (χ0v) is 9.85. The largest absolute Gasteiger partial charge is 0.360 e. The smallest absolute Gasteiger partial charge is 0.147 e. The van der Waals surface area contributed by atoms with Crippen LogP contribution in [0.3, 0.4) is 0 Å². The Morgan fingerprint density at radius 1 is 1.40 bits per heavy atom. The van der Waals surface area contributed by atoms with Crippen LogP contribution in [0.4, 0.5) is 4.39 Å². The first-order valence-corrected chi connectivity index (χ1v) is 5.67. The molecule has 0 amide bonds. The van der Waals surface area contributed by atoms with Crippen LogP contribution < -0.4 is 0 Å². The van der Waals surface area contributed by atoms with Crippen LogP contribution in [0.2, 0.25) is 5.02 Å². The molecule has 0 spiro atoms. The van der Waals surface area contributed by atoms with E-state index in [9.17, 15) is 4.39 Å². The normalized spacial score (nSPS) is 10.6. The van der Waals surface area contributed by atoms with Gasteiger partial charge in [0, 0.05) is 11.6 Å². The van der Waals surface area contributed by atoms with Gasteiger partial charge in [-0.25, -0.2) is 4.39 Å². The lowest BCUT2D eigenvalue weighted by atomic mass is 10.1. The zero-order chi connectivity index (χ0) is 10.8. The highest BCUT2D eigenvalue weighted by Crippen LogP contribution is 2.25. The third-order valence-corrected chi connectivity index (χ3v) is 2.75. The number of hydrogen-bond acceptors (Lipinski definition) is 2. The maximum atomic E-state index is 12.9. The van der Waals surface area contributed by atoms with Crippen molar-refractivity contribution >= 4 is 27.5 Å². The van der Waals surface area contributed by atoms with E-state index in [-0.39, 0.29) is 5.02 Å². The molecule has 0 unspecified atom stereocenters. The van der Waals surface area contributed by atoms with Gasteiger partial charge in [-0.05, 0) is 18.2 Å². The molecule has 2 aromatic rings. The summed E-state index contributed by atoms with van der Waals surface area (Å²) in [6.45, 7) is 0. The van der Waals surface area contributed by atoms with Crippen LogP contribution in [0, 0.1) is 5.82 Å². The molecule has 0 saturated heterocycles. The van der Waals surface area contributed by atoms with Crippen molar-refractivity contribution in [3.05, 3.63) is 40.9 Å². The van der Waals surface area contributed by atoms with Gasteiger partial charge in [0.25, 0.3) is 0 Å². The van der Waals surface area contributed by atoms with Crippen LogP contribution in [0.1, 0.15) is 5.76 Å². The number of halogens is 3. The van der Waals surface area contributed by atoms with E-state index in [2.05, 4.69) is 21.1 Å². The molecule has 0 aliphatic carbocycles. The minimum absolute atomic E-state index is 0.0795. The fourth-order valence-corrected chi connectivity index (χ4v) is 1.61. The Hall–Kier alpha value is -0.870. The summed E-state index contributed by atoms with van der Waals surface area (Å²) in [6.07, 6.45) is 0. The van der Waals surface area contributed by atoms with Gasteiger partial charge in [-0.15, -0.1) is 0 Å². The summed E-state index contributed by atoms with van der Waals surface area (Å²) < 4.78 is 17.9. The molecule has 1 heterocycles. The van der Waals surface area contributed by atoms with Crippen LogP contribution in [-0.4, -0.2) is 5.16 Å². The second-order valence-electron chi connectivity index (χ2n) is 2.94. The first-order valence-electron chi connectivity index (χ1n) is 4.17. The Balaban J connectivity index is 2.40. The second-order valence-corrected chi connectivity index (χ2v) is 3.91. The number of rotatable bonds is 2. The second kappa shape index (κ2) is 4.33. The van der Waals surface area contributed by atoms with E-state index in [0.717, 1.165) is 5.56 Å². The predicted octanol–water partition coefficient (Wildman–Crippen LogP) is 4.03. The number of aromatic nitrogens is 1. The van der Waals surface area contributed by atoms with E-state index in [1.165, 1.54) is 12.1 Å². The van der Waals surface area contributed by atoms with Crippen LogP contribution in [0.25, 0.3) is 11.3 Å². The van der Waals surface area contributed by atoms with E-state index < -0.39 is 5.82 Å². The average molecular weight is 291 g/mol. The molecule has 0 N–H and O–H groups in total. The van der Waals surface area contributed by atoms with Crippen molar-refractivity contribution in [2.75, 3.05) is 0 Å². The van der Waals surface area contributed by atoms with Gasteiger partial charge in [-0.2, -0.15) is 0 Å². The van der Waals surface area contributed by atoms with Gasteiger partial charge in [0.15, 0.2) is 0 Å². The first-order chi connectivity index (χ1) is 7.20. The van der Waals surface area contributed by atoms with Crippen molar-refractivity contribution in [3.8, 4) is 11.3 Å². The molecule has 2 nitrogen and oxygen atoms in total. The standard InChI is InChI=1S/C10H6BrClFNO/c11-5-7-4-10(14-15-7)6-1-2-9(13)8(12)3-6/h1-4H,5H2. The van der Waals surface area contributed by atoms with Crippen molar-refractivity contribution < 1.29 is 8.91 Å². The van der Waals surface area contributed by atoms with Crippen LogP contribution in [0.5, 0.6) is 0 Å². The lowest BCUT2D eigenvalue weighted by Crippen LogP contribution is -1.80. The van der Waals surface area contributed by atoms with E-state index in [0.29, 0.717) is 16.8 Å². The van der Waals surface area contributed by atoms with Gasteiger partial charge in [0.05, 0.1) is 10.4 Å². The Morgan fingerprint density at radius 2 is 2.20 bits per heavy atom. The van der Waals surface area contributed by atoms with Gasteiger partial charge in [0.2, 0.25) is 0 Å². The zero-order valence-electron chi connectivity index (χ0n) is 7.51. The predicted molar refractivity (Wildman–Crippen MR) is 59.5 cm³/mol. The minimum atomic E-state index is -0.440. The third-order valence-electron chi connectivity index (χ3n) is 1.91. The highest BCUT2D eigenvalue weighted by atomic mass is 79.9. The molecule has 0 aliphatic heterocycles. The molecule has 1 aromatic carbocycles. The monoisotopic (exact) mass is 289 g/mol. The van der Waals surface area contributed by atoms with Crippen molar-refractivity contribution in [3.63, 3.8) is 0 Å². The van der Waals surface area contributed by atoms with Gasteiger partial charge in [-0.3, -0.25) is 0 Å². The summed E-state index contributed by atoms with van der Waals surface area (Å²) in [5.41, 5.74) is 1.38. The number of nitrogens with zero attached hydrogens (tertiary/aromatic N) is 1. The fraction of sp³-hybridized carbons (Fsp3) is 0.100. The van der Waals surface area contributed by atoms with Gasteiger partial charge in [-0.1, -0.05) is 32.7 Å². The maximum Gasteiger partial charge on any atom is 0.147 e. The molecular weight excluding hydrogens is 284 g/mol. The lowest BCUT2D eigenvalue weighted by Gasteiger charge is -1.97. The van der Waals surface area contributed by atoms with E-state index in [1.54, 1.807) is 12.1 Å².